The van der Waals surface area contributed by atoms with Gasteiger partial charge >= 0.3 is 0 Å². The molecule has 2 aromatic carbocycles. The van der Waals surface area contributed by atoms with Crippen LogP contribution in [0.15, 0.2) is 24.3 Å². The number of aryl methyl sites for hydroxylation is 5. The van der Waals surface area contributed by atoms with Crippen molar-refractivity contribution in [1.82, 2.24) is 0 Å². The van der Waals surface area contributed by atoms with Crippen molar-refractivity contribution < 1.29 is 0 Å². The minimum atomic E-state index is 1.22. The zero-order valence-corrected chi connectivity index (χ0v) is 12.7. The Balaban J connectivity index is 2.10. The van der Waals surface area contributed by atoms with E-state index in [4.69, 9.17) is 0 Å². The van der Waals surface area contributed by atoms with Gasteiger partial charge in [0.05, 0.1) is 0 Å². The zero-order chi connectivity index (χ0) is 12.3. The lowest BCUT2D eigenvalue weighted by Gasteiger charge is -2.30. The van der Waals surface area contributed by atoms with Crippen LogP contribution < -0.4 is 0 Å². The first-order valence-corrected chi connectivity index (χ1v) is 7.74. The van der Waals surface area contributed by atoms with Crippen molar-refractivity contribution in [3.8, 4) is 11.1 Å². The van der Waals surface area contributed by atoms with Crippen LogP contribution in [0.4, 0.5) is 0 Å². The lowest BCUT2D eigenvalue weighted by molar-refractivity contribution is 0.872. The van der Waals surface area contributed by atoms with Crippen LogP contribution in [0, 0.1) is 10.5 Å². The third-order valence-corrected chi connectivity index (χ3v) is 4.91. The van der Waals surface area contributed by atoms with Crippen LogP contribution >= 0.6 is 22.6 Å². The van der Waals surface area contributed by atoms with Crippen molar-refractivity contribution >= 4 is 22.6 Å². The summed E-state index contributed by atoms with van der Waals surface area (Å²) in [5.41, 5.74) is 10.9. The molecular formula is C17H15I. The fourth-order valence-electron chi connectivity index (χ4n) is 3.64. The van der Waals surface area contributed by atoms with E-state index in [0.29, 0.717) is 0 Å². The summed E-state index contributed by atoms with van der Waals surface area (Å²) in [6, 6.07) is 9.57. The van der Waals surface area contributed by atoms with Crippen LogP contribution in [0.2, 0.25) is 0 Å². The quantitative estimate of drug-likeness (QED) is 0.618. The van der Waals surface area contributed by atoms with E-state index in [2.05, 4.69) is 53.8 Å². The molecule has 0 saturated heterocycles. The molecule has 0 atom stereocenters. The van der Waals surface area contributed by atoms with E-state index >= 15 is 0 Å². The average Bonchev–Trinajstić information content (AvgIpc) is 2.34. The van der Waals surface area contributed by atoms with Gasteiger partial charge in [-0.15, -0.1) is 0 Å². The van der Waals surface area contributed by atoms with E-state index in [1.165, 1.54) is 34.8 Å². The molecular weight excluding hydrogens is 331 g/mol. The van der Waals surface area contributed by atoms with E-state index in [1.54, 1.807) is 33.4 Å². The molecule has 0 fully saturated rings. The summed E-state index contributed by atoms with van der Waals surface area (Å²) in [5.74, 6) is 0. The molecule has 4 rings (SSSR count). The minimum absolute atomic E-state index is 1.22. The number of halogens is 1. The molecule has 0 bridgehead atoms. The van der Waals surface area contributed by atoms with Crippen molar-refractivity contribution in [2.75, 3.05) is 0 Å². The van der Waals surface area contributed by atoms with E-state index < -0.39 is 0 Å². The van der Waals surface area contributed by atoms with Crippen LogP contribution in [0.25, 0.3) is 11.1 Å². The molecule has 0 aromatic heterocycles. The topological polar surface area (TPSA) is 0 Å². The third-order valence-electron chi connectivity index (χ3n) is 4.29. The van der Waals surface area contributed by atoms with Gasteiger partial charge in [-0.1, -0.05) is 17.7 Å². The number of benzene rings is 2. The monoisotopic (exact) mass is 346 g/mol. The van der Waals surface area contributed by atoms with Crippen molar-refractivity contribution in [1.29, 1.82) is 0 Å². The van der Waals surface area contributed by atoms with E-state index in [-0.39, 0.29) is 0 Å². The molecule has 2 aliphatic rings. The molecule has 0 radical (unpaired) electrons. The summed E-state index contributed by atoms with van der Waals surface area (Å²) in [7, 11) is 0. The molecule has 0 nitrogen and oxygen atoms in total. The standard InChI is InChI=1S/C17H15I/c1-10-6-11-2-4-13-8-15(18)9-14-5-3-12(7-10)16(11)17(13)14/h6-9H,2-5H2,1H3. The third kappa shape index (κ3) is 1.49. The zero-order valence-electron chi connectivity index (χ0n) is 10.5. The smallest absolute Gasteiger partial charge is 0.0136 e. The van der Waals surface area contributed by atoms with Gasteiger partial charge < -0.3 is 0 Å². The van der Waals surface area contributed by atoms with Crippen molar-refractivity contribution in [2.45, 2.75) is 32.6 Å². The van der Waals surface area contributed by atoms with E-state index in [1.807, 2.05) is 0 Å². The molecule has 90 valence electrons. The summed E-state index contributed by atoms with van der Waals surface area (Å²) in [4.78, 5) is 0. The highest BCUT2D eigenvalue weighted by molar-refractivity contribution is 14.1. The maximum absolute atomic E-state index is 2.46. The minimum Gasteiger partial charge on any atom is -0.0555 e. The van der Waals surface area contributed by atoms with E-state index in [9.17, 15) is 0 Å². The molecule has 2 aliphatic carbocycles. The Bertz CT molecular complexity index is 558. The molecule has 0 heterocycles. The van der Waals surface area contributed by atoms with Gasteiger partial charge in [-0.25, -0.2) is 0 Å². The molecule has 0 N–H and O–H groups in total. The van der Waals surface area contributed by atoms with Crippen LogP contribution in [-0.4, -0.2) is 0 Å². The largest absolute Gasteiger partial charge is 0.0555 e. The Morgan fingerprint density at radius 3 is 1.56 bits per heavy atom. The van der Waals surface area contributed by atoms with Gasteiger partial charge in [-0.3, -0.25) is 0 Å². The maximum atomic E-state index is 2.46. The van der Waals surface area contributed by atoms with Gasteiger partial charge in [0.2, 0.25) is 0 Å². The summed E-state index contributed by atoms with van der Waals surface area (Å²) >= 11 is 2.46. The molecule has 0 amide bonds. The second kappa shape index (κ2) is 3.83. The maximum Gasteiger partial charge on any atom is 0.0136 e. The van der Waals surface area contributed by atoms with Crippen molar-refractivity contribution in [3.05, 3.63) is 55.7 Å². The Labute approximate surface area is 122 Å². The Morgan fingerprint density at radius 1 is 0.722 bits per heavy atom. The Hall–Kier alpha value is -0.830. The van der Waals surface area contributed by atoms with Gasteiger partial charge in [-0.2, -0.15) is 0 Å². The molecule has 18 heavy (non-hydrogen) atoms. The molecule has 1 heteroatoms. The number of hydrogen-bond acceptors (Lipinski definition) is 0. The molecule has 0 aliphatic heterocycles. The molecule has 0 spiro atoms. The highest BCUT2D eigenvalue weighted by Crippen LogP contribution is 2.43. The normalized spacial score (nSPS) is 15.4. The molecule has 0 saturated carbocycles. The average molecular weight is 346 g/mol. The summed E-state index contributed by atoms with van der Waals surface area (Å²) in [5, 5.41) is 0. The molecule has 0 unspecified atom stereocenters. The van der Waals surface area contributed by atoms with E-state index in [0.717, 1.165) is 0 Å². The van der Waals surface area contributed by atoms with Crippen LogP contribution in [0.5, 0.6) is 0 Å². The predicted octanol–water partition coefficient (Wildman–Crippen LogP) is 4.46. The Kier molecular flexibility index (Phi) is 2.35. The predicted molar refractivity (Wildman–Crippen MR) is 84.1 cm³/mol. The summed E-state index contributed by atoms with van der Waals surface area (Å²) in [6.45, 7) is 2.23. The van der Waals surface area contributed by atoms with Gasteiger partial charge in [-0.05, 0) is 101 Å². The fraction of sp³-hybridized carbons (Fsp3) is 0.294. The van der Waals surface area contributed by atoms with Crippen molar-refractivity contribution in [2.24, 2.45) is 0 Å². The highest BCUT2D eigenvalue weighted by atomic mass is 127. The lowest BCUT2D eigenvalue weighted by Crippen LogP contribution is -2.14. The van der Waals surface area contributed by atoms with Crippen LogP contribution in [-0.2, 0) is 25.7 Å². The first kappa shape index (κ1) is 11.0. The van der Waals surface area contributed by atoms with Gasteiger partial charge in [0, 0.05) is 3.57 Å². The second-order valence-corrected chi connectivity index (χ2v) is 6.80. The highest BCUT2D eigenvalue weighted by Gasteiger charge is 2.25. The lowest BCUT2D eigenvalue weighted by atomic mass is 9.75. The van der Waals surface area contributed by atoms with Crippen LogP contribution in [0.1, 0.15) is 27.8 Å². The SMILES string of the molecule is Cc1cc2c3c(c1)CCc1cc(I)cc(c1-3)CC2. The fourth-order valence-corrected chi connectivity index (χ4v) is 4.39. The first-order chi connectivity index (χ1) is 8.72. The second-order valence-electron chi connectivity index (χ2n) is 5.56. The molecule has 2 aromatic rings. The van der Waals surface area contributed by atoms with Gasteiger partial charge in [0.25, 0.3) is 0 Å². The van der Waals surface area contributed by atoms with Crippen molar-refractivity contribution in [3.63, 3.8) is 0 Å². The number of rotatable bonds is 0. The number of hydrogen-bond donors (Lipinski definition) is 0. The summed E-state index contributed by atoms with van der Waals surface area (Å²) in [6.07, 6.45) is 4.87. The Morgan fingerprint density at radius 2 is 1.11 bits per heavy atom. The van der Waals surface area contributed by atoms with Gasteiger partial charge in [0.1, 0.15) is 0 Å². The van der Waals surface area contributed by atoms with Gasteiger partial charge in [0.15, 0.2) is 0 Å². The van der Waals surface area contributed by atoms with Crippen LogP contribution in [0.3, 0.4) is 0 Å². The summed E-state index contributed by atoms with van der Waals surface area (Å²) < 4.78 is 1.40. The first-order valence-electron chi connectivity index (χ1n) is 6.66.